The van der Waals surface area contributed by atoms with Crippen molar-refractivity contribution in [3.63, 3.8) is 0 Å². The predicted molar refractivity (Wildman–Crippen MR) is 71.8 cm³/mol. The average molecular weight is 281 g/mol. The van der Waals surface area contributed by atoms with Crippen LogP contribution < -0.4 is 4.74 Å². The Morgan fingerprint density at radius 3 is 2.80 bits per heavy atom. The Morgan fingerprint density at radius 2 is 2.20 bits per heavy atom. The van der Waals surface area contributed by atoms with E-state index in [1.807, 2.05) is 6.92 Å². The molecule has 0 saturated carbocycles. The maximum atomic E-state index is 10.9. The molecule has 0 aliphatic rings. The third-order valence-electron chi connectivity index (χ3n) is 2.29. The number of carboxylic acids is 1. The molecule has 0 spiro atoms. The molecule has 108 valence electrons. The summed E-state index contributed by atoms with van der Waals surface area (Å²) >= 11 is 0. The van der Waals surface area contributed by atoms with Gasteiger partial charge in [0, 0.05) is 18.7 Å². The molecule has 7 nitrogen and oxygen atoms in total. The molecule has 0 atom stereocenters. The summed E-state index contributed by atoms with van der Waals surface area (Å²) in [6, 6.07) is 4.15. The summed E-state index contributed by atoms with van der Waals surface area (Å²) < 4.78 is 10.4. The van der Waals surface area contributed by atoms with Crippen molar-refractivity contribution < 1.29 is 24.3 Å². The van der Waals surface area contributed by atoms with Crippen molar-refractivity contribution in [3.05, 3.63) is 40.0 Å². The van der Waals surface area contributed by atoms with E-state index in [9.17, 15) is 14.9 Å². The van der Waals surface area contributed by atoms with E-state index in [1.54, 1.807) is 0 Å². The summed E-state index contributed by atoms with van der Waals surface area (Å²) in [6.07, 6.45) is 2.28. The fourth-order valence-corrected chi connectivity index (χ4v) is 1.42. The number of rotatable bonds is 8. The van der Waals surface area contributed by atoms with Crippen LogP contribution in [0.1, 0.15) is 12.5 Å². The van der Waals surface area contributed by atoms with Crippen LogP contribution in [0.5, 0.6) is 5.75 Å². The molecule has 0 amide bonds. The highest BCUT2D eigenvalue weighted by Gasteiger charge is 2.15. The van der Waals surface area contributed by atoms with Gasteiger partial charge in [0.1, 0.15) is 6.61 Å². The molecule has 1 aromatic rings. The minimum absolute atomic E-state index is 0.0854. The molecule has 1 N–H and O–H groups in total. The van der Waals surface area contributed by atoms with Crippen LogP contribution >= 0.6 is 0 Å². The van der Waals surface area contributed by atoms with Gasteiger partial charge >= 0.3 is 11.7 Å². The van der Waals surface area contributed by atoms with Gasteiger partial charge in [0.15, 0.2) is 5.75 Å². The molecular weight excluding hydrogens is 266 g/mol. The van der Waals surface area contributed by atoms with Crippen molar-refractivity contribution in [3.8, 4) is 5.75 Å². The molecule has 0 fully saturated rings. The highest BCUT2D eigenvalue weighted by Crippen LogP contribution is 2.28. The van der Waals surface area contributed by atoms with Gasteiger partial charge in [-0.15, -0.1) is 0 Å². The van der Waals surface area contributed by atoms with E-state index >= 15 is 0 Å². The SMILES string of the molecule is CCOCCOc1cc(C=CC(=O)O)ccc1[N+](=O)[O-]. The lowest BCUT2D eigenvalue weighted by Gasteiger charge is -2.07. The van der Waals surface area contributed by atoms with Crippen molar-refractivity contribution in [2.45, 2.75) is 6.92 Å². The molecule has 0 saturated heterocycles. The van der Waals surface area contributed by atoms with Gasteiger partial charge in [-0.25, -0.2) is 4.79 Å². The Hall–Kier alpha value is -2.41. The van der Waals surface area contributed by atoms with Gasteiger partial charge in [-0.1, -0.05) is 0 Å². The van der Waals surface area contributed by atoms with Crippen LogP contribution in [0, 0.1) is 10.1 Å². The number of carbonyl (C=O) groups is 1. The van der Waals surface area contributed by atoms with Gasteiger partial charge in [-0.05, 0) is 30.7 Å². The number of hydrogen-bond acceptors (Lipinski definition) is 5. The van der Waals surface area contributed by atoms with Crippen LogP contribution in [0.3, 0.4) is 0 Å². The van der Waals surface area contributed by atoms with E-state index in [0.29, 0.717) is 18.8 Å². The zero-order valence-corrected chi connectivity index (χ0v) is 10.9. The molecule has 20 heavy (non-hydrogen) atoms. The monoisotopic (exact) mass is 281 g/mol. The quantitative estimate of drug-likeness (QED) is 0.339. The number of benzene rings is 1. The van der Waals surface area contributed by atoms with Gasteiger partial charge in [0.25, 0.3) is 0 Å². The topological polar surface area (TPSA) is 98.9 Å². The summed E-state index contributed by atoms with van der Waals surface area (Å²) in [5.74, 6) is -1.01. The number of carboxylic acid groups (broad SMARTS) is 1. The first-order valence-electron chi connectivity index (χ1n) is 5.94. The van der Waals surface area contributed by atoms with Crippen molar-refractivity contribution in [1.82, 2.24) is 0 Å². The molecule has 1 aromatic carbocycles. The van der Waals surface area contributed by atoms with Gasteiger partial charge in [-0.3, -0.25) is 10.1 Å². The molecule has 7 heteroatoms. The summed E-state index contributed by atoms with van der Waals surface area (Å²) in [5, 5.41) is 19.4. The molecule has 0 unspecified atom stereocenters. The standard InChI is InChI=1S/C13H15NO6/c1-2-19-7-8-20-12-9-10(4-6-13(15)16)3-5-11(12)14(17)18/h3-6,9H,2,7-8H2,1H3,(H,15,16). The highest BCUT2D eigenvalue weighted by molar-refractivity contribution is 5.85. The molecule has 1 rings (SSSR count). The average Bonchev–Trinajstić information content (AvgIpc) is 2.41. The Bertz CT molecular complexity index is 512. The normalized spacial score (nSPS) is 10.7. The summed E-state index contributed by atoms with van der Waals surface area (Å²) in [5.41, 5.74) is 0.332. The zero-order chi connectivity index (χ0) is 15.0. The zero-order valence-electron chi connectivity index (χ0n) is 10.9. The Balaban J connectivity index is 2.88. The molecule has 0 aliphatic carbocycles. The lowest BCUT2D eigenvalue weighted by molar-refractivity contribution is -0.385. The van der Waals surface area contributed by atoms with Crippen molar-refractivity contribution in [1.29, 1.82) is 0 Å². The largest absolute Gasteiger partial charge is 0.484 e. The molecule has 0 aliphatic heterocycles. The van der Waals surface area contributed by atoms with Crippen LogP contribution in [-0.4, -0.2) is 35.8 Å². The number of hydrogen-bond donors (Lipinski definition) is 1. The minimum atomic E-state index is -1.10. The lowest BCUT2D eigenvalue weighted by atomic mass is 10.2. The number of aliphatic carboxylic acids is 1. The summed E-state index contributed by atoms with van der Waals surface area (Å²) in [7, 11) is 0. The summed E-state index contributed by atoms with van der Waals surface area (Å²) in [4.78, 5) is 20.7. The third kappa shape index (κ3) is 5.07. The van der Waals surface area contributed by atoms with E-state index in [4.69, 9.17) is 14.6 Å². The second-order valence-corrected chi connectivity index (χ2v) is 3.70. The molecule has 0 heterocycles. The van der Waals surface area contributed by atoms with E-state index in [1.165, 1.54) is 24.3 Å². The third-order valence-corrected chi connectivity index (χ3v) is 2.29. The van der Waals surface area contributed by atoms with Crippen LogP contribution in [0.4, 0.5) is 5.69 Å². The number of nitro benzene ring substituents is 1. The smallest absolute Gasteiger partial charge is 0.328 e. The fraction of sp³-hybridized carbons (Fsp3) is 0.308. The minimum Gasteiger partial charge on any atom is -0.484 e. The van der Waals surface area contributed by atoms with Crippen LogP contribution in [0.15, 0.2) is 24.3 Å². The van der Waals surface area contributed by atoms with Gasteiger partial charge in [0.05, 0.1) is 11.5 Å². The molecule has 0 aromatic heterocycles. The van der Waals surface area contributed by atoms with Gasteiger partial charge < -0.3 is 14.6 Å². The number of ether oxygens (including phenoxy) is 2. The predicted octanol–water partition coefficient (Wildman–Crippen LogP) is 2.11. The Morgan fingerprint density at radius 1 is 1.45 bits per heavy atom. The van der Waals surface area contributed by atoms with Gasteiger partial charge in [0.2, 0.25) is 0 Å². The second kappa shape index (κ2) is 7.90. The highest BCUT2D eigenvalue weighted by atomic mass is 16.6. The Kier molecular flexibility index (Phi) is 6.18. The van der Waals surface area contributed by atoms with Crippen LogP contribution in [0.25, 0.3) is 6.08 Å². The van der Waals surface area contributed by atoms with Crippen LogP contribution in [0.2, 0.25) is 0 Å². The van der Waals surface area contributed by atoms with Crippen molar-refractivity contribution in [2.75, 3.05) is 19.8 Å². The van der Waals surface area contributed by atoms with Crippen LogP contribution in [-0.2, 0) is 9.53 Å². The second-order valence-electron chi connectivity index (χ2n) is 3.70. The first-order valence-corrected chi connectivity index (χ1v) is 5.94. The Labute approximate surface area is 115 Å². The number of nitrogens with zero attached hydrogens (tertiary/aromatic N) is 1. The summed E-state index contributed by atoms with van der Waals surface area (Å²) in [6.45, 7) is 2.87. The maximum Gasteiger partial charge on any atom is 0.328 e. The van der Waals surface area contributed by atoms with Gasteiger partial charge in [-0.2, -0.15) is 0 Å². The lowest BCUT2D eigenvalue weighted by Crippen LogP contribution is -2.07. The van der Waals surface area contributed by atoms with E-state index in [0.717, 1.165) is 6.08 Å². The molecular formula is C13H15NO6. The molecule has 0 radical (unpaired) electrons. The molecule has 0 bridgehead atoms. The van der Waals surface area contributed by atoms with E-state index in [-0.39, 0.29) is 18.0 Å². The number of nitro groups is 1. The first kappa shape index (κ1) is 15.6. The first-order chi connectivity index (χ1) is 9.54. The van der Waals surface area contributed by atoms with Crippen molar-refractivity contribution in [2.24, 2.45) is 0 Å². The van der Waals surface area contributed by atoms with Crippen molar-refractivity contribution >= 4 is 17.7 Å². The fourth-order valence-electron chi connectivity index (χ4n) is 1.42. The van der Waals surface area contributed by atoms with E-state index in [2.05, 4.69) is 0 Å². The van der Waals surface area contributed by atoms with E-state index < -0.39 is 10.9 Å². The maximum absolute atomic E-state index is 10.9.